The Morgan fingerprint density at radius 2 is 1.59 bits per heavy atom. The summed E-state index contributed by atoms with van der Waals surface area (Å²) in [5.41, 5.74) is 8.74. The molecule has 6 aromatic rings. The molecule has 33 heteroatoms. The van der Waals surface area contributed by atoms with E-state index in [-0.39, 0.29) is 127 Å². The number of rotatable bonds is 36. The molecule has 0 spiro atoms. The van der Waals surface area contributed by atoms with E-state index in [2.05, 4.69) is 41.9 Å². The fourth-order valence-electron chi connectivity index (χ4n) is 11.2. The van der Waals surface area contributed by atoms with Gasteiger partial charge in [-0.05, 0) is 85.7 Å². The molecule has 3 aromatic carbocycles. The fraction of sp³-hybridized carbons (Fsp3) is 0.456. The average Bonchev–Trinajstić information content (AvgIpc) is 1.63. The van der Waals surface area contributed by atoms with Crippen molar-refractivity contribution < 1.29 is 81.5 Å². The quantitative estimate of drug-likeness (QED) is 0.0146. The molecule has 2 aliphatic heterocycles. The second-order valence-corrected chi connectivity index (χ2v) is 24.9. The van der Waals surface area contributed by atoms with E-state index in [0.29, 0.717) is 46.7 Å². The molecule has 8 N–H and O–H groups in total. The number of carbonyl (C=O) groups excluding carboxylic acids is 10. The lowest BCUT2D eigenvalue weighted by Crippen LogP contribution is -2.54. The van der Waals surface area contributed by atoms with Crippen molar-refractivity contribution in [1.82, 2.24) is 55.0 Å². The summed E-state index contributed by atoms with van der Waals surface area (Å²) in [6, 6.07) is 13.7. The van der Waals surface area contributed by atoms with Gasteiger partial charge in [-0.3, -0.25) is 33.7 Å². The Morgan fingerprint density at radius 1 is 0.842 bits per heavy atom. The van der Waals surface area contributed by atoms with E-state index >= 15 is 0 Å². The number of primary amides is 1. The Labute approximate surface area is 587 Å². The maximum absolute atomic E-state index is 14.7. The van der Waals surface area contributed by atoms with Crippen LogP contribution < -0.4 is 42.0 Å². The predicted octanol–water partition coefficient (Wildman–Crippen LogP) is 5.43. The maximum Gasteiger partial charge on any atom is 0.415 e. The minimum absolute atomic E-state index is 0.00104. The van der Waals surface area contributed by atoms with Crippen molar-refractivity contribution >= 4 is 105 Å². The number of imide groups is 1. The van der Waals surface area contributed by atoms with E-state index in [1.165, 1.54) is 16.8 Å². The lowest BCUT2D eigenvalue weighted by Gasteiger charge is -2.27. The Hall–Kier alpha value is -10.3. The number of alkyl halides is 1. The number of imidazole rings is 1. The number of pyridine rings is 1. The van der Waals surface area contributed by atoms with Crippen LogP contribution in [0.5, 0.6) is 5.75 Å². The number of nitrogens with zero attached hydrogens (tertiary/aromatic N) is 9. The molecule has 4 atom stereocenters. The molecule has 0 aliphatic carbocycles. The summed E-state index contributed by atoms with van der Waals surface area (Å²) in [7, 11) is 3.11. The molecular weight excluding hydrogens is 1330 g/mol. The summed E-state index contributed by atoms with van der Waals surface area (Å²) in [5, 5.41) is 32.4. The van der Waals surface area contributed by atoms with Crippen LogP contribution >= 0.6 is 11.6 Å². The van der Waals surface area contributed by atoms with Gasteiger partial charge in [0.15, 0.2) is 5.69 Å². The van der Waals surface area contributed by atoms with Crippen LogP contribution in [-0.2, 0) is 55.0 Å². The van der Waals surface area contributed by atoms with Crippen LogP contribution in [0.1, 0.15) is 97.0 Å². The van der Waals surface area contributed by atoms with Crippen LogP contribution in [0.4, 0.5) is 36.2 Å². The number of benzene rings is 3. The molecule has 0 fully saturated rings. The number of ether oxygens (including phenoxy) is 6. The number of amides is 11. The van der Waals surface area contributed by atoms with Crippen molar-refractivity contribution in [2.45, 2.75) is 90.4 Å². The zero-order valence-corrected chi connectivity index (χ0v) is 58.1. The van der Waals surface area contributed by atoms with Gasteiger partial charge in [-0.2, -0.15) is 0 Å². The lowest BCUT2D eigenvalue weighted by atomic mass is 9.92. The van der Waals surface area contributed by atoms with Crippen LogP contribution in [-0.4, -0.2) is 222 Å². The third-order valence-corrected chi connectivity index (χ3v) is 17.5. The number of carbonyl (C=O) groups is 10. The van der Waals surface area contributed by atoms with Crippen LogP contribution in [0.15, 0.2) is 91.4 Å². The third-order valence-electron chi connectivity index (χ3n) is 17.1. The minimum atomic E-state index is -1.16. The van der Waals surface area contributed by atoms with Gasteiger partial charge in [-0.25, -0.2) is 28.8 Å². The third kappa shape index (κ3) is 20.2. The summed E-state index contributed by atoms with van der Waals surface area (Å²) < 4.78 is 36.6. The molecule has 8 rings (SSSR count). The normalized spacial score (nSPS) is 14.5. The first-order chi connectivity index (χ1) is 48.4. The number of aryl methyl sites for hydroxylation is 1. The molecule has 11 amide bonds. The number of hydrogen-bond donors (Lipinski definition) is 7. The number of aliphatic hydroxyl groups excluding tert-OH is 1. The highest BCUT2D eigenvalue weighted by molar-refractivity contribution is 6.19. The molecule has 101 heavy (non-hydrogen) atoms. The molecule has 32 nitrogen and oxygen atoms in total. The minimum Gasteiger partial charge on any atom is -0.447 e. The number of methoxy groups -OCH3 is 1. The molecule has 0 saturated carbocycles. The van der Waals surface area contributed by atoms with Gasteiger partial charge in [0.25, 0.3) is 23.6 Å². The van der Waals surface area contributed by atoms with Crippen molar-refractivity contribution in [3.05, 3.63) is 119 Å². The number of aromatic nitrogens is 5. The summed E-state index contributed by atoms with van der Waals surface area (Å²) in [6.45, 7) is 9.26. The van der Waals surface area contributed by atoms with Gasteiger partial charge in [-0.1, -0.05) is 56.3 Å². The monoisotopic (exact) mass is 1420 g/mol. The number of alkyl carbamates (subject to hydrolysis) is 1. The topological polar surface area (TPSA) is 393 Å². The Bertz CT molecular complexity index is 3980. The SMILES string of the molecule is CCC(C)(CCOC)n1cc(C(=O)Nc2ccn3cc(C(=O)N4C[C@@H](CCl)c5c4cc(OC(=O)N(CCOCCO)CCN(C)C(=O)OCc4ccc(NC(=O)[C@H](CCCNC(N)=O)NC(=O)[C@@H](NC(=O)OCCOCCN6C(=O)C=CC6=O)C(C)C)cc4)c4cccc(C)c54)nc3c2)nn1. The summed E-state index contributed by atoms with van der Waals surface area (Å²) in [5.74, 6) is -3.68. The van der Waals surface area contributed by atoms with Crippen LogP contribution in [0.2, 0.25) is 0 Å². The predicted molar refractivity (Wildman–Crippen MR) is 369 cm³/mol. The van der Waals surface area contributed by atoms with Crippen molar-refractivity contribution in [2.75, 3.05) is 121 Å². The van der Waals surface area contributed by atoms with E-state index in [9.17, 15) is 53.1 Å². The molecule has 0 saturated heterocycles. The van der Waals surface area contributed by atoms with Crippen LogP contribution in [0.3, 0.4) is 0 Å². The molecule has 542 valence electrons. The van der Waals surface area contributed by atoms with E-state index in [1.807, 2.05) is 39.0 Å². The number of nitrogens with one attached hydrogen (secondary N) is 5. The maximum atomic E-state index is 14.7. The smallest absolute Gasteiger partial charge is 0.415 e. The number of urea groups is 1. The first-order valence-corrected chi connectivity index (χ1v) is 33.5. The zero-order valence-electron chi connectivity index (χ0n) is 57.4. The number of anilines is 3. The average molecular weight is 1420 g/mol. The van der Waals surface area contributed by atoms with E-state index in [0.717, 1.165) is 40.0 Å². The van der Waals surface area contributed by atoms with Gasteiger partial charge in [0.05, 0.1) is 57.0 Å². The number of likely N-dealkylation sites (N-methyl/N-ethyl adjacent to an activating group) is 1. The van der Waals surface area contributed by atoms with Crippen molar-refractivity contribution in [3.63, 3.8) is 0 Å². The van der Waals surface area contributed by atoms with Gasteiger partial charge in [0.1, 0.15) is 42.4 Å². The Kier molecular flexibility index (Phi) is 27.4. The molecule has 5 heterocycles. The highest BCUT2D eigenvalue weighted by atomic mass is 35.5. The van der Waals surface area contributed by atoms with E-state index < -0.39 is 83.3 Å². The lowest BCUT2D eigenvalue weighted by molar-refractivity contribution is -0.137. The number of halogens is 1. The molecule has 0 radical (unpaired) electrons. The number of hydrogen-bond acceptors (Lipinski definition) is 20. The van der Waals surface area contributed by atoms with Crippen molar-refractivity contribution in [1.29, 1.82) is 0 Å². The molecule has 3 aromatic heterocycles. The zero-order chi connectivity index (χ0) is 72.9. The highest BCUT2D eigenvalue weighted by Crippen LogP contribution is 2.47. The first kappa shape index (κ1) is 76.5. The summed E-state index contributed by atoms with van der Waals surface area (Å²) in [6.07, 6.45) is 6.34. The van der Waals surface area contributed by atoms with Crippen molar-refractivity contribution in [3.8, 4) is 5.75 Å². The Morgan fingerprint density at radius 3 is 2.30 bits per heavy atom. The van der Waals surface area contributed by atoms with Gasteiger partial charge in [0.2, 0.25) is 11.8 Å². The van der Waals surface area contributed by atoms with Gasteiger partial charge < -0.3 is 84.9 Å². The second-order valence-electron chi connectivity index (χ2n) is 24.6. The van der Waals surface area contributed by atoms with Gasteiger partial charge in [-0.15, -0.1) is 16.7 Å². The first-order valence-electron chi connectivity index (χ1n) is 32.9. The van der Waals surface area contributed by atoms with E-state index in [1.54, 1.807) is 96.0 Å². The summed E-state index contributed by atoms with van der Waals surface area (Å²) in [4.78, 5) is 141. The molecule has 2 aliphatic rings. The van der Waals surface area contributed by atoms with Gasteiger partial charge >= 0.3 is 24.3 Å². The molecule has 1 unspecified atom stereocenters. The Balaban J connectivity index is 0.874. The van der Waals surface area contributed by atoms with Gasteiger partial charge in [0, 0.05) is 119 Å². The number of aliphatic hydroxyl groups is 1. The summed E-state index contributed by atoms with van der Waals surface area (Å²) >= 11 is 6.69. The van der Waals surface area contributed by atoms with Crippen LogP contribution in [0.25, 0.3) is 16.4 Å². The molecule has 0 bridgehead atoms. The largest absolute Gasteiger partial charge is 0.447 e. The highest BCUT2D eigenvalue weighted by Gasteiger charge is 2.38. The number of nitrogens with two attached hydrogens (primary N) is 1. The standard InChI is InChI=1S/C68H86ClN15O17/c1-8-68(5,21-29-96-7)84-40-50(77-78-84)61(89)73-47-20-23-81-39-51(74-54(81)35-47)63(91)83-38-45(37-69)58-52(83)36-53(48-12-9-11-43(4)57(48)58)101-67(95)80(26-30-97-32-28-85)25-24-79(6)66(94)100-41-44-14-16-46(17-15-44)72-60(88)49(13-10-22-71-64(70)92)75-62(90)59(42(2)3)76-65(93)99-34-33-98-31-27-82-55(86)18-19-56(82)87/h9,11-12,14-20,23,35-36,39-40,42,45,49,59,85H,8,10,13,21-22,24-34,37-38,41H2,1-7H3,(H,72,88)(H,73,89)(H,75,90)(H,76,93)(H3,70,71,92)/t45-,49+,59+,68?/m1/s1. The fourth-order valence-corrected chi connectivity index (χ4v) is 11.4. The molecular formula is C68H86ClN15O17. The second kappa shape index (κ2) is 36.2. The van der Waals surface area contributed by atoms with Crippen LogP contribution in [0, 0.1) is 12.8 Å². The number of fused-ring (bicyclic) bond motifs is 4. The van der Waals surface area contributed by atoms with E-state index in [4.69, 9.17) is 45.8 Å². The van der Waals surface area contributed by atoms with Crippen molar-refractivity contribution in [2.24, 2.45) is 11.7 Å².